The van der Waals surface area contributed by atoms with Gasteiger partial charge in [0.15, 0.2) is 0 Å². The Balaban J connectivity index is 1.09. The molecule has 0 N–H and O–H groups in total. The van der Waals surface area contributed by atoms with Crippen molar-refractivity contribution < 1.29 is 4.42 Å². The Kier molecular flexibility index (Phi) is 6.62. The van der Waals surface area contributed by atoms with Crippen molar-refractivity contribution in [2.45, 2.75) is 13.8 Å². The lowest BCUT2D eigenvalue weighted by molar-refractivity contribution is 0.577. The molecule has 10 rings (SSSR count). The van der Waals surface area contributed by atoms with E-state index in [1.165, 1.54) is 65.9 Å². The predicted octanol–water partition coefficient (Wildman–Crippen LogP) is 13.2. The molecule has 0 unspecified atom stereocenters. The van der Waals surface area contributed by atoms with E-state index in [4.69, 9.17) is 4.42 Å². The minimum absolute atomic E-state index is 0.910. The van der Waals surface area contributed by atoms with E-state index in [1.54, 1.807) is 0 Å². The number of aryl methyl sites for hydroxylation is 1. The molecule has 0 radical (unpaired) electrons. The number of para-hydroxylation sites is 4. The van der Waals surface area contributed by atoms with Crippen molar-refractivity contribution in [3.05, 3.63) is 181 Å². The van der Waals surface area contributed by atoms with E-state index in [-0.39, 0.29) is 0 Å². The molecule has 51 heavy (non-hydrogen) atoms. The fourth-order valence-corrected chi connectivity index (χ4v) is 8.19. The molecule has 3 heterocycles. The minimum Gasteiger partial charge on any atom is -0.461 e. The number of benzene rings is 7. The smallest absolute Gasteiger partial charge is 0.134 e. The van der Waals surface area contributed by atoms with Crippen LogP contribution >= 0.6 is 0 Å². The quantitative estimate of drug-likeness (QED) is 0.181. The molecule has 0 atom stereocenters. The second-order valence-corrected chi connectivity index (χ2v) is 13.3. The van der Waals surface area contributed by atoms with Gasteiger partial charge < -0.3 is 13.6 Å². The van der Waals surface area contributed by atoms with Crippen molar-refractivity contribution in [3.8, 4) is 27.9 Å². The fourth-order valence-electron chi connectivity index (χ4n) is 8.19. The molecule has 242 valence electrons. The van der Waals surface area contributed by atoms with Crippen LogP contribution in [0.4, 0.5) is 0 Å². The van der Waals surface area contributed by atoms with Gasteiger partial charge in [0, 0.05) is 38.2 Å². The van der Waals surface area contributed by atoms with E-state index in [1.807, 2.05) is 12.1 Å². The van der Waals surface area contributed by atoms with Crippen molar-refractivity contribution in [2.24, 2.45) is 0 Å². The molecule has 7 aromatic carbocycles. The first-order valence-electron chi connectivity index (χ1n) is 17.6. The third-order valence-electron chi connectivity index (χ3n) is 10.4. The van der Waals surface area contributed by atoms with Crippen LogP contribution in [0, 0.1) is 6.92 Å². The monoisotopic (exact) mass is 654 g/mol. The van der Waals surface area contributed by atoms with Gasteiger partial charge in [-0.05, 0) is 90.7 Å². The first-order valence-corrected chi connectivity index (χ1v) is 17.6. The number of hydrogen-bond acceptors (Lipinski definition) is 1. The molecule has 0 fully saturated rings. The van der Waals surface area contributed by atoms with Crippen LogP contribution in [0.5, 0.6) is 0 Å². The second kappa shape index (κ2) is 11.5. The minimum atomic E-state index is 0.910. The van der Waals surface area contributed by atoms with Crippen molar-refractivity contribution in [3.63, 3.8) is 0 Å². The van der Waals surface area contributed by atoms with Gasteiger partial charge in [-0.25, -0.2) is 0 Å². The highest BCUT2D eigenvalue weighted by atomic mass is 16.3. The molecule has 0 aliphatic heterocycles. The summed E-state index contributed by atoms with van der Waals surface area (Å²) in [5.74, 6) is 0.922. The van der Waals surface area contributed by atoms with E-state index in [9.17, 15) is 0 Å². The van der Waals surface area contributed by atoms with Crippen LogP contribution in [0.2, 0.25) is 0 Å². The Hall–Kier alpha value is -6.58. The van der Waals surface area contributed by atoms with Gasteiger partial charge in [-0.15, -0.1) is 0 Å². The highest BCUT2D eigenvalue weighted by Gasteiger charge is 2.21. The van der Waals surface area contributed by atoms with E-state index < -0.39 is 0 Å². The van der Waals surface area contributed by atoms with Crippen LogP contribution in [-0.4, -0.2) is 9.13 Å². The van der Waals surface area contributed by atoms with E-state index in [0.29, 0.717) is 0 Å². The Morgan fingerprint density at radius 1 is 0.471 bits per heavy atom. The fraction of sp³-hybridized carbons (Fsp3) is 0.0417. The standard InChI is InChI=1S/C48H34N2O/c1-3-42(48-31(2)51-47-25-11-7-21-40(47)48)50-45-24-10-6-20-39(45)41-30-35(26-27-46(41)50)33-15-12-14-32(28-33)34-16-13-17-36(29-34)49-43-22-8-4-18-37(43)38-19-5-9-23-44(38)49/h3-30H,1-2H3/b42-3+. The van der Waals surface area contributed by atoms with Gasteiger partial charge in [0.25, 0.3) is 0 Å². The van der Waals surface area contributed by atoms with Crippen molar-refractivity contribution in [1.29, 1.82) is 0 Å². The summed E-state index contributed by atoms with van der Waals surface area (Å²) in [6, 6.07) is 59.2. The number of allylic oxidation sites excluding steroid dienone is 1. The number of furan rings is 1. The van der Waals surface area contributed by atoms with E-state index in [2.05, 4.69) is 181 Å². The molecule has 3 nitrogen and oxygen atoms in total. The molecule has 0 spiro atoms. The SMILES string of the molecule is C/C=C(\c1c(C)oc2ccccc12)n1c2ccccc2c2cc(-c3cccc(-c4cccc(-n5c6ccccc6c6ccccc65)c4)c3)ccc21. The summed E-state index contributed by atoms with van der Waals surface area (Å²) in [6.45, 7) is 4.18. The Bertz CT molecular complexity index is 2950. The van der Waals surface area contributed by atoms with Gasteiger partial charge in [0.1, 0.15) is 11.3 Å². The Morgan fingerprint density at radius 3 is 1.69 bits per heavy atom. The largest absolute Gasteiger partial charge is 0.461 e. The summed E-state index contributed by atoms with van der Waals surface area (Å²) >= 11 is 0. The number of fused-ring (bicyclic) bond motifs is 7. The average molecular weight is 655 g/mol. The van der Waals surface area contributed by atoms with Crippen molar-refractivity contribution in [1.82, 2.24) is 9.13 Å². The Morgan fingerprint density at radius 2 is 1.00 bits per heavy atom. The second-order valence-electron chi connectivity index (χ2n) is 13.3. The molecular weight excluding hydrogens is 621 g/mol. The molecule has 0 aliphatic carbocycles. The summed E-state index contributed by atoms with van der Waals surface area (Å²) in [6.07, 6.45) is 2.21. The van der Waals surface area contributed by atoms with Gasteiger partial charge in [0.2, 0.25) is 0 Å². The van der Waals surface area contributed by atoms with Crippen LogP contribution in [-0.2, 0) is 0 Å². The summed E-state index contributed by atoms with van der Waals surface area (Å²) in [4.78, 5) is 0. The first-order chi connectivity index (χ1) is 25.2. The number of nitrogens with zero attached hydrogens (tertiary/aromatic N) is 2. The highest BCUT2D eigenvalue weighted by molar-refractivity contribution is 6.13. The van der Waals surface area contributed by atoms with Crippen LogP contribution in [0.1, 0.15) is 18.2 Å². The van der Waals surface area contributed by atoms with Crippen LogP contribution in [0.25, 0.3) is 88.2 Å². The topological polar surface area (TPSA) is 23.0 Å². The van der Waals surface area contributed by atoms with Gasteiger partial charge in [0.05, 0.1) is 27.8 Å². The summed E-state index contributed by atoms with van der Waals surface area (Å²) in [5.41, 5.74) is 13.9. The normalized spacial score (nSPS) is 12.2. The molecule has 10 aromatic rings. The van der Waals surface area contributed by atoms with Crippen molar-refractivity contribution >= 4 is 60.3 Å². The predicted molar refractivity (Wildman–Crippen MR) is 215 cm³/mol. The summed E-state index contributed by atoms with van der Waals surface area (Å²) in [5, 5.41) is 6.13. The summed E-state index contributed by atoms with van der Waals surface area (Å²) < 4.78 is 11.0. The van der Waals surface area contributed by atoms with Crippen LogP contribution in [0.15, 0.2) is 174 Å². The first kappa shape index (κ1) is 29.3. The molecule has 0 aliphatic rings. The molecular formula is C48H34N2O. The zero-order valence-corrected chi connectivity index (χ0v) is 28.5. The van der Waals surface area contributed by atoms with Crippen LogP contribution < -0.4 is 0 Å². The third-order valence-corrected chi connectivity index (χ3v) is 10.4. The molecule has 0 bridgehead atoms. The number of rotatable bonds is 5. The highest BCUT2D eigenvalue weighted by Crippen LogP contribution is 2.40. The van der Waals surface area contributed by atoms with Gasteiger partial charge in [-0.2, -0.15) is 0 Å². The Labute approximate surface area is 295 Å². The lowest BCUT2D eigenvalue weighted by atomic mass is 9.97. The van der Waals surface area contributed by atoms with Gasteiger partial charge in [-0.3, -0.25) is 0 Å². The van der Waals surface area contributed by atoms with Crippen LogP contribution in [0.3, 0.4) is 0 Å². The third kappa shape index (κ3) is 4.52. The summed E-state index contributed by atoms with van der Waals surface area (Å²) in [7, 11) is 0. The van der Waals surface area contributed by atoms with Gasteiger partial charge >= 0.3 is 0 Å². The molecule has 3 heteroatoms. The lowest BCUT2D eigenvalue weighted by Gasteiger charge is -2.13. The van der Waals surface area contributed by atoms with E-state index in [0.717, 1.165) is 33.7 Å². The molecule has 0 amide bonds. The van der Waals surface area contributed by atoms with E-state index >= 15 is 0 Å². The average Bonchev–Trinajstić information content (AvgIpc) is 3.82. The van der Waals surface area contributed by atoms with Crippen molar-refractivity contribution in [2.75, 3.05) is 0 Å². The maximum Gasteiger partial charge on any atom is 0.134 e. The maximum absolute atomic E-state index is 6.24. The molecule has 0 saturated carbocycles. The zero-order chi connectivity index (χ0) is 34.1. The lowest BCUT2D eigenvalue weighted by Crippen LogP contribution is -1.99. The molecule has 0 saturated heterocycles. The number of hydrogen-bond donors (Lipinski definition) is 0. The molecule has 3 aromatic heterocycles. The number of aromatic nitrogens is 2. The van der Waals surface area contributed by atoms with Gasteiger partial charge in [-0.1, -0.05) is 115 Å². The zero-order valence-electron chi connectivity index (χ0n) is 28.5. The maximum atomic E-state index is 6.24.